The molecule has 2 fully saturated rings. The van der Waals surface area contributed by atoms with Crippen LogP contribution in [0.2, 0.25) is 18.1 Å². The minimum atomic E-state index is -2.28. The normalized spacial score (nSPS) is 23.7. The van der Waals surface area contributed by atoms with Crippen molar-refractivity contribution in [3.63, 3.8) is 0 Å². The molecule has 1 saturated heterocycles. The van der Waals surface area contributed by atoms with Crippen molar-refractivity contribution < 1.29 is 23.5 Å². The van der Waals surface area contributed by atoms with Crippen LogP contribution in [-0.4, -0.2) is 56.8 Å². The van der Waals surface area contributed by atoms with E-state index in [1.165, 1.54) is 10.9 Å². The fourth-order valence-corrected chi connectivity index (χ4v) is 7.22. The Labute approximate surface area is 252 Å². The summed E-state index contributed by atoms with van der Waals surface area (Å²) in [6.45, 7) is 16.7. The molecule has 3 heterocycles. The van der Waals surface area contributed by atoms with Gasteiger partial charge in [-0.15, -0.1) is 0 Å². The van der Waals surface area contributed by atoms with Gasteiger partial charge in [-0.3, -0.25) is 29.3 Å². The van der Waals surface area contributed by atoms with Gasteiger partial charge < -0.3 is 13.9 Å². The molecule has 0 spiro atoms. The average molecular weight is 610 g/mol. The lowest BCUT2D eigenvalue weighted by molar-refractivity contribution is -0.184. The number of nitrogens with one attached hydrogen (secondary N) is 2. The number of amides is 1. The average Bonchev–Trinajstić information content (AvgIpc) is 3.48. The number of aromatic nitrogens is 4. The molecule has 1 saturated carbocycles. The third kappa shape index (κ3) is 5.50. The summed E-state index contributed by atoms with van der Waals surface area (Å²) in [5, 5.41) is 2.58. The van der Waals surface area contributed by atoms with Crippen LogP contribution in [0, 0.1) is 5.92 Å². The van der Waals surface area contributed by atoms with Crippen LogP contribution in [0.4, 0.5) is 5.95 Å². The molecule has 2 aliphatic rings. The molecular weight excluding hydrogens is 566 g/mol. The van der Waals surface area contributed by atoms with Crippen LogP contribution in [-0.2, 0) is 30.1 Å². The zero-order chi connectivity index (χ0) is 31.4. The molecule has 3 atom stereocenters. The number of anilines is 1. The van der Waals surface area contributed by atoms with Crippen LogP contribution in [0.15, 0.2) is 41.5 Å². The molecule has 2 aromatic heterocycles. The molecule has 1 aliphatic heterocycles. The number of aromatic amines is 1. The van der Waals surface area contributed by atoms with Crippen LogP contribution in [0.25, 0.3) is 11.2 Å². The van der Waals surface area contributed by atoms with E-state index >= 15 is 0 Å². The number of carbonyl (C=O) groups excluding carboxylic acids is 2. The molecule has 11 nitrogen and oxygen atoms in total. The van der Waals surface area contributed by atoms with Gasteiger partial charge in [0.2, 0.25) is 17.6 Å². The highest BCUT2D eigenvalue weighted by atomic mass is 28.4. The Hall–Kier alpha value is -3.19. The van der Waals surface area contributed by atoms with E-state index in [9.17, 15) is 14.4 Å². The Morgan fingerprint density at radius 1 is 1.21 bits per heavy atom. The van der Waals surface area contributed by atoms with Gasteiger partial charge >= 0.3 is 0 Å². The fourth-order valence-electron chi connectivity index (χ4n) is 5.56. The predicted octanol–water partition coefficient (Wildman–Crippen LogP) is 5.10. The van der Waals surface area contributed by atoms with Crippen molar-refractivity contribution in [2.45, 2.75) is 109 Å². The molecule has 0 bridgehead atoms. The third-order valence-electron chi connectivity index (χ3n) is 9.22. The maximum absolute atomic E-state index is 14.4. The first kappa shape index (κ1) is 31.2. The molecule has 1 aliphatic carbocycles. The highest BCUT2D eigenvalue weighted by Crippen LogP contribution is 2.60. The van der Waals surface area contributed by atoms with E-state index in [0.717, 1.165) is 18.4 Å². The molecule has 1 unspecified atom stereocenters. The van der Waals surface area contributed by atoms with E-state index in [0.29, 0.717) is 6.42 Å². The Balaban J connectivity index is 1.58. The topological polar surface area (TPSA) is 137 Å². The Kier molecular flexibility index (Phi) is 8.04. The van der Waals surface area contributed by atoms with Crippen molar-refractivity contribution in [2.24, 2.45) is 5.92 Å². The molecule has 1 aromatic carbocycles. The summed E-state index contributed by atoms with van der Waals surface area (Å²) in [4.78, 5) is 50.9. The lowest BCUT2D eigenvalue weighted by Gasteiger charge is -2.47. The lowest BCUT2D eigenvalue weighted by atomic mass is 9.85. The summed E-state index contributed by atoms with van der Waals surface area (Å²) in [6.07, 6.45) is 1.25. The van der Waals surface area contributed by atoms with E-state index in [2.05, 4.69) is 54.1 Å². The summed E-state index contributed by atoms with van der Waals surface area (Å²) in [5.41, 5.74) is -1.21. The summed E-state index contributed by atoms with van der Waals surface area (Å²) in [6, 6.07) is 9.71. The largest absolute Gasteiger partial charge is 0.408 e. The van der Waals surface area contributed by atoms with E-state index < -0.39 is 37.4 Å². The maximum atomic E-state index is 14.4. The molecule has 5 rings (SSSR count). The lowest BCUT2D eigenvalue weighted by Crippen LogP contribution is -2.59. The maximum Gasteiger partial charge on any atom is 0.280 e. The zero-order valence-corrected chi connectivity index (χ0v) is 27.3. The second kappa shape index (κ2) is 11.1. The third-order valence-corrected chi connectivity index (χ3v) is 13.7. The van der Waals surface area contributed by atoms with E-state index in [4.69, 9.17) is 13.9 Å². The predicted molar refractivity (Wildman–Crippen MR) is 165 cm³/mol. The van der Waals surface area contributed by atoms with E-state index in [-0.39, 0.29) is 46.4 Å². The Morgan fingerprint density at radius 3 is 2.47 bits per heavy atom. The fraction of sp³-hybridized carbons (Fsp3) is 0.581. The van der Waals surface area contributed by atoms with E-state index in [1.807, 2.05) is 37.3 Å². The van der Waals surface area contributed by atoms with Gasteiger partial charge in [-0.2, -0.15) is 4.98 Å². The van der Waals surface area contributed by atoms with Crippen LogP contribution in [0.5, 0.6) is 0 Å². The van der Waals surface area contributed by atoms with Crippen molar-refractivity contribution in [3.8, 4) is 0 Å². The Morgan fingerprint density at radius 2 is 1.88 bits per heavy atom. The molecule has 0 radical (unpaired) electrons. The van der Waals surface area contributed by atoms with Gasteiger partial charge in [0.25, 0.3) is 5.56 Å². The van der Waals surface area contributed by atoms with Crippen LogP contribution >= 0.6 is 0 Å². The minimum Gasteiger partial charge on any atom is -0.408 e. The summed E-state index contributed by atoms with van der Waals surface area (Å²) in [5.74, 6) is -0.951. The van der Waals surface area contributed by atoms with Gasteiger partial charge in [0, 0.05) is 5.92 Å². The first-order chi connectivity index (χ1) is 20.1. The molecule has 2 N–H and O–H groups in total. The van der Waals surface area contributed by atoms with Gasteiger partial charge in [-0.1, -0.05) is 71.9 Å². The molecule has 43 heavy (non-hydrogen) atoms. The summed E-state index contributed by atoms with van der Waals surface area (Å²) >= 11 is 0. The highest BCUT2D eigenvalue weighted by Gasteiger charge is 2.72. The number of imidazole rings is 1. The SMILES string of the molecule is CC[C@]1(C2(O[Si](C)(C)C(C)(C)C)CC2)O[C@@H](n2cnc3c(=O)[nH]c(NC(=O)C(C)C)nc32)C(=O)C1OCc1ccccc1. The summed E-state index contributed by atoms with van der Waals surface area (Å²) in [7, 11) is -2.28. The minimum absolute atomic E-state index is 0.0260. The molecule has 232 valence electrons. The number of carbonyl (C=O) groups is 2. The van der Waals surface area contributed by atoms with Crippen molar-refractivity contribution in [2.75, 3.05) is 5.32 Å². The monoisotopic (exact) mass is 609 g/mol. The molecular formula is C31H43N5O6Si. The van der Waals surface area contributed by atoms with Gasteiger partial charge in [-0.25, -0.2) is 4.98 Å². The van der Waals surface area contributed by atoms with Crippen molar-refractivity contribution in [3.05, 3.63) is 52.6 Å². The zero-order valence-electron chi connectivity index (χ0n) is 26.3. The first-order valence-electron chi connectivity index (χ1n) is 15.0. The summed E-state index contributed by atoms with van der Waals surface area (Å²) < 4.78 is 21.9. The van der Waals surface area contributed by atoms with Crippen LogP contribution in [0.1, 0.15) is 72.6 Å². The number of ketones is 1. The number of ether oxygens (including phenoxy) is 2. The Bertz CT molecular complexity index is 1570. The first-order valence-corrected chi connectivity index (χ1v) is 17.9. The highest BCUT2D eigenvalue weighted by molar-refractivity contribution is 6.74. The van der Waals surface area contributed by atoms with Gasteiger partial charge in [0.15, 0.2) is 31.8 Å². The van der Waals surface area contributed by atoms with Gasteiger partial charge in [0.05, 0.1) is 18.5 Å². The number of hydrogen-bond donors (Lipinski definition) is 2. The number of Topliss-reactive ketones (excluding diaryl/α,β-unsaturated/α-hetero) is 1. The quantitative estimate of drug-likeness (QED) is 0.303. The number of fused-ring (bicyclic) bond motifs is 1. The number of benzene rings is 1. The van der Waals surface area contributed by atoms with Crippen LogP contribution in [0.3, 0.4) is 0 Å². The van der Waals surface area contributed by atoms with Crippen molar-refractivity contribution in [1.82, 2.24) is 19.5 Å². The number of H-pyrrole nitrogens is 1. The van der Waals surface area contributed by atoms with Crippen molar-refractivity contribution in [1.29, 1.82) is 0 Å². The smallest absolute Gasteiger partial charge is 0.280 e. The second-order valence-electron chi connectivity index (χ2n) is 13.5. The van der Waals surface area contributed by atoms with Crippen LogP contribution < -0.4 is 10.9 Å². The number of nitrogens with zero attached hydrogens (tertiary/aromatic N) is 3. The molecule has 12 heteroatoms. The van der Waals surface area contributed by atoms with Gasteiger partial charge in [0.1, 0.15) is 5.60 Å². The van der Waals surface area contributed by atoms with Gasteiger partial charge in [-0.05, 0) is 43.0 Å². The molecule has 3 aromatic rings. The second-order valence-corrected chi connectivity index (χ2v) is 18.3. The van der Waals surface area contributed by atoms with E-state index in [1.54, 1.807) is 13.8 Å². The standard InChI is InChI=1S/C31H43N5O6Si/c1-9-31(30(15-16-30)42-43(7,8)29(4,5)6)23(40-17-20-13-11-10-12-14-20)22(37)27(41-31)36-18-32-21-24(36)33-28(35-26(21)39)34-25(38)19(2)3/h10-14,18-19,23,27H,9,15-17H2,1-8H3,(H2,33,34,35,38,39)/t23?,27-,31+/m1/s1. The van der Waals surface area contributed by atoms with Crippen molar-refractivity contribution >= 4 is 37.1 Å². The number of rotatable bonds is 10. The number of hydrogen-bond acceptors (Lipinski definition) is 8. The molecule has 1 amide bonds.